The average Bonchev–Trinajstić information content (AvgIpc) is 2.89. The number of likely N-dealkylation sites (N-methyl/N-ethyl adjacent to an activating group) is 1. The molecular formula is C14H18N4OS. The van der Waals surface area contributed by atoms with E-state index < -0.39 is 0 Å². The van der Waals surface area contributed by atoms with Gasteiger partial charge in [0.05, 0.1) is 16.8 Å². The van der Waals surface area contributed by atoms with Crippen molar-refractivity contribution in [3.63, 3.8) is 0 Å². The second-order valence-electron chi connectivity index (χ2n) is 4.88. The summed E-state index contributed by atoms with van der Waals surface area (Å²) in [4.78, 5) is 18.8. The van der Waals surface area contributed by atoms with E-state index in [1.54, 1.807) is 18.4 Å². The van der Waals surface area contributed by atoms with Gasteiger partial charge in [-0.3, -0.25) is 9.69 Å². The molecule has 5 nitrogen and oxygen atoms in total. The number of para-hydroxylation sites is 1. The number of nitrogens with zero attached hydrogens (tertiary/aromatic N) is 2. The Morgan fingerprint density at radius 3 is 3.20 bits per heavy atom. The van der Waals surface area contributed by atoms with Crippen LogP contribution >= 0.6 is 11.3 Å². The van der Waals surface area contributed by atoms with E-state index >= 15 is 0 Å². The lowest BCUT2D eigenvalue weighted by molar-refractivity contribution is -0.126. The van der Waals surface area contributed by atoms with E-state index in [0.29, 0.717) is 6.54 Å². The zero-order valence-electron chi connectivity index (χ0n) is 11.4. The van der Waals surface area contributed by atoms with Crippen molar-refractivity contribution in [1.82, 2.24) is 20.5 Å². The molecule has 0 spiro atoms. The van der Waals surface area contributed by atoms with Gasteiger partial charge in [-0.1, -0.05) is 12.1 Å². The summed E-state index contributed by atoms with van der Waals surface area (Å²) in [5.41, 5.74) is 1.04. The number of aromatic nitrogens is 1. The van der Waals surface area contributed by atoms with E-state index in [1.165, 1.54) is 4.70 Å². The number of thiazole rings is 1. The number of nitrogens with one attached hydrogen (secondary N) is 2. The number of benzene rings is 1. The molecule has 1 aromatic carbocycles. The Kier molecular flexibility index (Phi) is 3.95. The van der Waals surface area contributed by atoms with Gasteiger partial charge in [0.2, 0.25) is 5.91 Å². The van der Waals surface area contributed by atoms with Crippen LogP contribution in [0.2, 0.25) is 0 Å². The lowest BCUT2D eigenvalue weighted by Gasteiger charge is -2.34. The van der Waals surface area contributed by atoms with Gasteiger partial charge in [0, 0.05) is 26.7 Å². The van der Waals surface area contributed by atoms with E-state index in [2.05, 4.69) is 26.6 Å². The number of hydrogen-bond acceptors (Lipinski definition) is 5. The largest absolute Gasteiger partial charge is 0.358 e. The number of amides is 1. The molecule has 2 N–H and O–H groups in total. The molecule has 1 saturated heterocycles. The van der Waals surface area contributed by atoms with Crippen LogP contribution in [0.5, 0.6) is 0 Å². The highest BCUT2D eigenvalue weighted by molar-refractivity contribution is 7.18. The zero-order chi connectivity index (χ0) is 13.9. The second kappa shape index (κ2) is 5.87. The van der Waals surface area contributed by atoms with Crippen molar-refractivity contribution in [2.24, 2.45) is 0 Å². The Morgan fingerprint density at radius 1 is 1.55 bits per heavy atom. The van der Waals surface area contributed by atoms with Crippen molar-refractivity contribution in [2.45, 2.75) is 12.6 Å². The molecule has 6 heteroatoms. The minimum Gasteiger partial charge on any atom is -0.358 e. The molecule has 20 heavy (non-hydrogen) atoms. The predicted octanol–water partition coefficient (Wildman–Crippen LogP) is 0.816. The lowest BCUT2D eigenvalue weighted by Crippen LogP contribution is -2.56. The summed E-state index contributed by atoms with van der Waals surface area (Å²) in [5.74, 6) is 0.0679. The second-order valence-corrected chi connectivity index (χ2v) is 6.00. The normalized spacial score (nSPS) is 20.1. The highest BCUT2D eigenvalue weighted by Crippen LogP contribution is 2.23. The highest BCUT2D eigenvalue weighted by atomic mass is 32.1. The van der Waals surface area contributed by atoms with Gasteiger partial charge < -0.3 is 10.6 Å². The summed E-state index contributed by atoms with van der Waals surface area (Å²) in [7, 11) is 1.69. The van der Waals surface area contributed by atoms with Crippen molar-refractivity contribution >= 4 is 27.5 Å². The fourth-order valence-electron chi connectivity index (χ4n) is 2.52. The third-order valence-corrected chi connectivity index (χ3v) is 4.60. The van der Waals surface area contributed by atoms with Gasteiger partial charge in [0.25, 0.3) is 0 Å². The first-order valence-electron chi connectivity index (χ1n) is 6.79. The maximum Gasteiger partial charge on any atom is 0.238 e. The van der Waals surface area contributed by atoms with Crippen molar-refractivity contribution in [3.05, 3.63) is 29.3 Å². The average molecular weight is 290 g/mol. The van der Waals surface area contributed by atoms with Crippen LogP contribution in [0.15, 0.2) is 24.3 Å². The van der Waals surface area contributed by atoms with Crippen LogP contribution in [0.25, 0.3) is 10.2 Å². The summed E-state index contributed by atoms with van der Waals surface area (Å²) < 4.78 is 1.20. The number of carbonyl (C=O) groups is 1. The molecule has 0 saturated carbocycles. The van der Waals surface area contributed by atoms with Crippen LogP contribution in [0.1, 0.15) is 5.01 Å². The first kappa shape index (κ1) is 13.5. The third kappa shape index (κ3) is 2.67. The van der Waals surface area contributed by atoms with Crippen LogP contribution < -0.4 is 10.6 Å². The van der Waals surface area contributed by atoms with Gasteiger partial charge in [-0.05, 0) is 12.1 Å². The van der Waals surface area contributed by atoms with Gasteiger partial charge in [0.1, 0.15) is 11.0 Å². The van der Waals surface area contributed by atoms with Crippen molar-refractivity contribution in [2.75, 3.05) is 26.7 Å². The smallest absolute Gasteiger partial charge is 0.238 e. The standard InChI is InChI=1S/C14H18N4OS/c1-15-14(19)11-8-16-6-7-18(11)9-13-17-10-4-2-3-5-12(10)20-13/h2-5,11,16H,6-9H2,1H3,(H,15,19). The quantitative estimate of drug-likeness (QED) is 0.878. The van der Waals surface area contributed by atoms with Crippen molar-refractivity contribution in [3.8, 4) is 0 Å². The van der Waals surface area contributed by atoms with Gasteiger partial charge in [-0.15, -0.1) is 11.3 Å². The molecule has 1 amide bonds. The van der Waals surface area contributed by atoms with Gasteiger partial charge in [-0.25, -0.2) is 4.98 Å². The Balaban J connectivity index is 1.79. The fraction of sp³-hybridized carbons (Fsp3) is 0.429. The van der Waals surface area contributed by atoms with Crippen molar-refractivity contribution in [1.29, 1.82) is 0 Å². The van der Waals surface area contributed by atoms with Crippen LogP contribution in [0, 0.1) is 0 Å². The van der Waals surface area contributed by atoms with Crippen LogP contribution in [0.4, 0.5) is 0 Å². The predicted molar refractivity (Wildman–Crippen MR) is 80.8 cm³/mol. The lowest BCUT2D eigenvalue weighted by atomic mass is 10.2. The number of hydrogen-bond donors (Lipinski definition) is 2. The van der Waals surface area contributed by atoms with E-state index in [9.17, 15) is 4.79 Å². The summed E-state index contributed by atoms with van der Waals surface area (Å²) in [6, 6.07) is 8.04. The molecule has 1 unspecified atom stereocenters. The molecule has 0 bridgehead atoms. The highest BCUT2D eigenvalue weighted by Gasteiger charge is 2.28. The number of piperazine rings is 1. The Bertz CT molecular complexity index is 579. The molecule has 0 aliphatic carbocycles. The zero-order valence-corrected chi connectivity index (χ0v) is 12.2. The molecule has 0 radical (unpaired) electrons. The van der Waals surface area contributed by atoms with E-state index in [-0.39, 0.29) is 11.9 Å². The molecular weight excluding hydrogens is 272 g/mol. The van der Waals surface area contributed by atoms with E-state index in [4.69, 9.17) is 0 Å². The third-order valence-electron chi connectivity index (χ3n) is 3.58. The maximum absolute atomic E-state index is 11.9. The molecule has 106 valence electrons. The molecule has 1 atom stereocenters. The molecule has 1 fully saturated rings. The minimum absolute atomic E-state index is 0.0679. The van der Waals surface area contributed by atoms with Crippen LogP contribution in [0.3, 0.4) is 0 Å². The molecule has 1 aliphatic rings. The van der Waals surface area contributed by atoms with Gasteiger partial charge >= 0.3 is 0 Å². The summed E-state index contributed by atoms with van der Waals surface area (Å²) in [6.07, 6.45) is 0. The van der Waals surface area contributed by atoms with Gasteiger partial charge in [0.15, 0.2) is 0 Å². The summed E-state index contributed by atoms with van der Waals surface area (Å²) in [6.45, 7) is 3.22. The topological polar surface area (TPSA) is 57.3 Å². The van der Waals surface area contributed by atoms with E-state index in [0.717, 1.165) is 30.2 Å². The molecule has 2 heterocycles. The number of fused-ring (bicyclic) bond motifs is 1. The first-order chi connectivity index (χ1) is 9.78. The Hall–Kier alpha value is -1.50. The minimum atomic E-state index is -0.110. The SMILES string of the molecule is CNC(=O)C1CNCCN1Cc1nc2ccccc2s1. The van der Waals surface area contributed by atoms with Crippen LogP contribution in [-0.4, -0.2) is 48.5 Å². The van der Waals surface area contributed by atoms with Crippen LogP contribution in [-0.2, 0) is 11.3 Å². The van der Waals surface area contributed by atoms with E-state index in [1.807, 2.05) is 18.2 Å². The molecule has 3 rings (SSSR count). The Morgan fingerprint density at radius 2 is 2.40 bits per heavy atom. The molecule has 1 aliphatic heterocycles. The first-order valence-corrected chi connectivity index (χ1v) is 7.60. The van der Waals surface area contributed by atoms with Gasteiger partial charge in [-0.2, -0.15) is 0 Å². The molecule has 2 aromatic rings. The summed E-state index contributed by atoms with van der Waals surface area (Å²) in [5, 5.41) is 7.08. The Labute approximate surface area is 122 Å². The molecule has 1 aromatic heterocycles. The van der Waals surface area contributed by atoms with Crippen molar-refractivity contribution < 1.29 is 4.79 Å². The summed E-state index contributed by atoms with van der Waals surface area (Å²) >= 11 is 1.71. The monoisotopic (exact) mass is 290 g/mol. The maximum atomic E-state index is 11.9. The number of rotatable bonds is 3. The fourth-order valence-corrected chi connectivity index (χ4v) is 3.52. The number of carbonyl (C=O) groups excluding carboxylic acids is 1.